The summed E-state index contributed by atoms with van der Waals surface area (Å²) in [6, 6.07) is 11.0. The summed E-state index contributed by atoms with van der Waals surface area (Å²) in [5.41, 5.74) is 1.44. The lowest BCUT2D eigenvalue weighted by Gasteiger charge is -2.47. The van der Waals surface area contributed by atoms with Crippen molar-refractivity contribution in [2.75, 3.05) is 39.3 Å². The molecule has 1 aromatic rings. The van der Waals surface area contributed by atoms with Crippen molar-refractivity contribution in [3.05, 3.63) is 35.9 Å². The molecule has 1 aromatic carbocycles. The van der Waals surface area contributed by atoms with E-state index in [4.69, 9.17) is 4.74 Å². The Morgan fingerprint density at radius 3 is 2.48 bits per heavy atom. The predicted molar refractivity (Wildman–Crippen MR) is 95.4 cm³/mol. The quantitative estimate of drug-likeness (QED) is 0.827. The number of hydrogen-bond acceptors (Lipinski definition) is 4. The molecule has 2 heterocycles. The summed E-state index contributed by atoms with van der Waals surface area (Å²) in [5.74, 6) is 0.261. The standard InChI is InChI=1S/C19H27N3O3/c1-2-25-18(23)12-20-19(24)22-13-17(14-22)21-10-8-16(9-11-21)15-6-4-3-5-7-15/h3-7,16-17H,2,8-14H2,1H3,(H,20,24). The fraction of sp³-hybridized carbons (Fsp3) is 0.579. The van der Waals surface area contributed by atoms with Gasteiger partial charge in [0, 0.05) is 19.1 Å². The summed E-state index contributed by atoms with van der Waals surface area (Å²) in [5, 5.41) is 2.62. The second kappa shape index (κ2) is 8.34. The molecular weight excluding hydrogens is 318 g/mol. The predicted octanol–water partition coefficient (Wildman–Crippen LogP) is 1.82. The van der Waals surface area contributed by atoms with Crippen LogP contribution in [0.25, 0.3) is 0 Å². The zero-order valence-electron chi connectivity index (χ0n) is 14.8. The van der Waals surface area contributed by atoms with E-state index in [-0.39, 0.29) is 12.6 Å². The summed E-state index contributed by atoms with van der Waals surface area (Å²) < 4.78 is 4.81. The van der Waals surface area contributed by atoms with Crippen LogP contribution in [0, 0.1) is 0 Å². The van der Waals surface area contributed by atoms with Gasteiger partial charge in [-0.3, -0.25) is 9.69 Å². The summed E-state index contributed by atoms with van der Waals surface area (Å²) in [4.78, 5) is 27.5. The number of esters is 1. The van der Waals surface area contributed by atoms with Gasteiger partial charge in [0.1, 0.15) is 6.54 Å². The molecule has 3 rings (SSSR count). The number of carbonyl (C=O) groups is 2. The van der Waals surface area contributed by atoms with Crippen molar-refractivity contribution in [3.8, 4) is 0 Å². The Labute approximate surface area is 149 Å². The topological polar surface area (TPSA) is 61.9 Å². The first-order chi connectivity index (χ1) is 12.2. The van der Waals surface area contributed by atoms with Gasteiger partial charge in [-0.05, 0) is 44.3 Å². The van der Waals surface area contributed by atoms with Crippen molar-refractivity contribution < 1.29 is 14.3 Å². The molecule has 6 nitrogen and oxygen atoms in total. The molecule has 1 N–H and O–H groups in total. The number of urea groups is 1. The third-order valence-electron chi connectivity index (χ3n) is 5.16. The molecule has 0 atom stereocenters. The molecule has 0 aliphatic carbocycles. The first-order valence-electron chi connectivity index (χ1n) is 9.14. The SMILES string of the molecule is CCOC(=O)CNC(=O)N1CC(N2CCC(c3ccccc3)CC2)C1. The summed E-state index contributed by atoms with van der Waals surface area (Å²) in [6.07, 6.45) is 2.35. The number of hydrogen-bond donors (Lipinski definition) is 1. The van der Waals surface area contributed by atoms with E-state index in [1.807, 2.05) is 0 Å². The molecule has 0 bridgehead atoms. The fourth-order valence-corrected chi connectivity index (χ4v) is 3.65. The van der Waals surface area contributed by atoms with Crippen molar-refractivity contribution in [3.63, 3.8) is 0 Å². The average Bonchev–Trinajstić information content (AvgIpc) is 2.60. The Morgan fingerprint density at radius 2 is 1.84 bits per heavy atom. The van der Waals surface area contributed by atoms with Crippen LogP contribution >= 0.6 is 0 Å². The molecule has 2 saturated heterocycles. The zero-order chi connectivity index (χ0) is 17.6. The van der Waals surface area contributed by atoms with E-state index in [1.54, 1.807) is 11.8 Å². The highest BCUT2D eigenvalue weighted by molar-refractivity contribution is 5.81. The van der Waals surface area contributed by atoms with Gasteiger partial charge in [-0.15, -0.1) is 0 Å². The van der Waals surface area contributed by atoms with Gasteiger partial charge in [-0.1, -0.05) is 30.3 Å². The van der Waals surface area contributed by atoms with E-state index < -0.39 is 5.97 Å². The number of likely N-dealkylation sites (tertiary alicyclic amines) is 2. The maximum absolute atomic E-state index is 12.0. The van der Waals surface area contributed by atoms with Crippen LogP contribution < -0.4 is 5.32 Å². The highest BCUT2D eigenvalue weighted by Crippen LogP contribution is 2.30. The number of rotatable bonds is 5. The Hall–Kier alpha value is -2.08. The van der Waals surface area contributed by atoms with Crippen molar-refractivity contribution in [2.24, 2.45) is 0 Å². The number of nitrogens with one attached hydrogen (secondary N) is 1. The third kappa shape index (κ3) is 4.51. The molecule has 2 aliphatic rings. The molecule has 0 radical (unpaired) electrons. The lowest BCUT2D eigenvalue weighted by Crippen LogP contribution is -2.64. The molecule has 2 amide bonds. The van der Waals surface area contributed by atoms with Crippen molar-refractivity contribution >= 4 is 12.0 Å². The fourth-order valence-electron chi connectivity index (χ4n) is 3.65. The minimum absolute atomic E-state index is 0.0592. The largest absolute Gasteiger partial charge is 0.465 e. The van der Waals surface area contributed by atoms with Crippen LogP contribution in [-0.2, 0) is 9.53 Å². The van der Waals surface area contributed by atoms with Crippen molar-refractivity contribution in [2.45, 2.75) is 31.7 Å². The Balaban J connectivity index is 1.36. The minimum Gasteiger partial charge on any atom is -0.465 e. The van der Waals surface area contributed by atoms with Gasteiger partial charge in [0.15, 0.2) is 0 Å². The van der Waals surface area contributed by atoms with E-state index >= 15 is 0 Å². The molecule has 0 saturated carbocycles. The number of piperidine rings is 1. The molecule has 6 heteroatoms. The van der Waals surface area contributed by atoms with Gasteiger partial charge in [0.25, 0.3) is 0 Å². The zero-order valence-corrected chi connectivity index (χ0v) is 14.8. The Kier molecular flexibility index (Phi) is 5.91. The third-order valence-corrected chi connectivity index (χ3v) is 5.16. The van der Waals surface area contributed by atoms with Gasteiger partial charge in [0.2, 0.25) is 0 Å². The van der Waals surface area contributed by atoms with Crippen molar-refractivity contribution in [1.29, 1.82) is 0 Å². The maximum Gasteiger partial charge on any atom is 0.325 e. The minimum atomic E-state index is -0.393. The molecule has 136 valence electrons. The smallest absolute Gasteiger partial charge is 0.325 e. The second-order valence-corrected chi connectivity index (χ2v) is 6.74. The maximum atomic E-state index is 12.0. The molecular formula is C19H27N3O3. The normalized spacial score (nSPS) is 19.3. The highest BCUT2D eigenvalue weighted by Gasteiger charge is 2.36. The van der Waals surface area contributed by atoms with Crippen LogP contribution in [0.4, 0.5) is 4.79 Å². The number of benzene rings is 1. The molecule has 2 aliphatic heterocycles. The average molecular weight is 345 g/mol. The van der Waals surface area contributed by atoms with Gasteiger partial charge in [0.05, 0.1) is 6.61 Å². The molecule has 0 aromatic heterocycles. The summed E-state index contributed by atoms with van der Waals surface area (Å²) >= 11 is 0. The van der Waals surface area contributed by atoms with Crippen LogP contribution in [0.3, 0.4) is 0 Å². The highest BCUT2D eigenvalue weighted by atomic mass is 16.5. The number of nitrogens with zero attached hydrogens (tertiary/aromatic N) is 2. The first kappa shape index (κ1) is 17.7. The summed E-state index contributed by atoms with van der Waals surface area (Å²) in [7, 11) is 0. The van der Waals surface area contributed by atoms with E-state index in [0.29, 0.717) is 18.6 Å². The second-order valence-electron chi connectivity index (χ2n) is 6.74. The number of amides is 2. The lowest BCUT2D eigenvalue weighted by atomic mass is 9.88. The number of carbonyl (C=O) groups excluding carboxylic acids is 2. The molecule has 0 spiro atoms. The van der Waals surface area contributed by atoms with Gasteiger partial charge < -0.3 is 15.0 Å². The van der Waals surface area contributed by atoms with Gasteiger partial charge in [-0.2, -0.15) is 0 Å². The van der Waals surface area contributed by atoms with Crippen molar-refractivity contribution in [1.82, 2.24) is 15.1 Å². The van der Waals surface area contributed by atoms with E-state index in [2.05, 4.69) is 40.5 Å². The Bertz CT molecular complexity index is 579. The van der Waals surface area contributed by atoms with Crippen LogP contribution in [0.1, 0.15) is 31.2 Å². The van der Waals surface area contributed by atoms with Crippen LogP contribution in [-0.4, -0.2) is 67.2 Å². The lowest BCUT2D eigenvalue weighted by molar-refractivity contribution is -0.141. The molecule has 25 heavy (non-hydrogen) atoms. The monoisotopic (exact) mass is 345 g/mol. The van der Waals surface area contributed by atoms with E-state index in [9.17, 15) is 9.59 Å². The molecule has 0 unspecified atom stereocenters. The Morgan fingerprint density at radius 1 is 1.16 bits per heavy atom. The van der Waals surface area contributed by atoms with Gasteiger partial charge >= 0.3 is 12.0 Å². The molecule has 2 fully saturated rings. The van der Waals surface area contributed by atoms with Crippen LogP contribution in [0.15, 0.2) is 30.3 Å². The summed E-state index contributed by atoms with van der Waals surface area (Å²) in [6.45, 7) is 5.68. The first-order valence-corrected chi connectivity index (χ1v) is 9.14. The van der Waals surface area contributed by atoms with E-state index in [0.717, 1.165) is 26.2 Å². The van der Waals surface area contributed by atoms with Crippen LogP contribution in [0.5, 0.6) is 0 Å². The van der Waals surface area contributed by atoms with Crippen LogP contribution in [0.2, 0.25) is 0 Å². The number of ether oxygens (including phenoxy) is 1. The van der Waals surface area contributed by atoms with E-state index in [1.165, 1.54) is 18.4 Å². The van der Waals surface area contributed by atoms with Gasteiger partial charge in [-0.25, -0.2) is 4.79 Å².